The van der Waals surface area contributed by atoms with Crippen molar-refractivity contribution in [3.63, 3.8) is 0 Å². The molecule has 0 aliphatic heterocycles. The van der Waals surface area contributed by atoms with E-state index in [-0.39, 0.29) is 6.42 Å². The lowest BCUT2D eigenvalue weighted by Gasteiger charge is -2.05. The predicted octanol–water partition coefficient (Wildman–Crippen LogP) is 3.28. The van der Waals surface area contributed by atoms with E-state index in [0.29, 0.717) is 5.56 Å². The maximum Gasteiger partial charge on any atom is 0.416 e. The molecule has 0 bridgehead atoms. The van der Waals surface area contributed by atoms with E-state index in [4.69, 9.17) is 0 Å². The second kappa shape index (κ2) is 5.52. The average Bonchev–Trinajstić information content (AvgIpc) is 2.28. The minimum absolute atomic E-state index is 0.0948. The first kappa shape index (κ1) is 13.3. The summed E-state index contributed by atoms with van der Waals surface area (Å²) in [6, 6.07) is 4.68. The molecule has 1 aromatic rings. The fourth-order valence-corrected chi connectivity index (χ4v) is 1.16. The van der Waals surface area contributed by atoms with E-state index >= 15 is 0 Å². The summed E-state index contributed by atoms with van der Waals surface area (Å²) in [5.74, 6) is -0.395. The third-order valence-corrected chi connectivity index (χ3v) is 2.06. The third-order valence-electron chi connectivity index (χ3n) is 2.06. The fourth-order valence-electron chi connectivity index (χ4n) is 1.16. The molecule has 17 heavy (non-hydrogen) atoms. The van der Waals surface area contributed by atoms with Gasteiger partial charge >= 0.3 is 12.1 Å². The Labute approximate surface area is 96.7 Å². The van der Waals surface area contributed by atoms with Crippen molar-refractivity contribution in [3.8, 4) is 0 Å². The van der Waals surface area contributed by atoms with Gasteiger partial charge in [-0.15, -0.1) is 0 Å². The summed E-state index contributed by atoms with van der Waals surface area (Å²) in [5, 5.41) is 0. The van der Waals surface area contributed by atoms with Crippen molar-refractivity contribution in [1.82, 2.24) is 0 Å². The van der Waals surface area contributed by atoms with E-state index in [0.717, 1.165) is 12.1 Å². The third kappa shape index (κ3) is 4.30. The van der Waals surface area contributed by atoms with Gasteiger partial charge in [0.15, 0.2) is 0 Å². The van der Waals surface area contributed by atoms with Crippen LogP contribution in [0.1, 0.15) is 17.5 Å². The number of rotatable bonds is 3. The van der Waals surface area contributed by atoms with Gasteiger partial charge in [-0.2, -0.15) is 13.2 Å². The number of carbonyl (C=O) groups is 1. The first-order valence-electron chi connectivity index (χ1n) is 4.84. The van der Waals surface area contributed by atoms with Gasteiger partial charge in [-0.05, 0) is 17.7 Å². The second-order valence-electron chi connectivity index (χ2n) is 3.30. The topological polar surface area (TPSA) is 26.3 Å². The molecule has 0 aliphatic carbocycles. The molecule has 1 rings (SSSR count). The molecule has 0 spiro atoms. The molecule has 2 nitrogen and oxygen atoms in total. The van der Waals surface area contributed by atoms with Gasteiger partial charge in [0.2, 0.25) is 0 Å². The van der Waals surface area contributed by atoms with Crippen LogP contribution >= 0.6 is 0 Å². The summed E-state index contributed by atoms with van der Waals surface area (Å²) in [6.45, 7) is 0. The van der Waals surface area contributed by atoms with Gasteiger partial charge in [-0.3, -0.25) is 4.79 Å². The molecule has 0 fully saturated rings. The zero-order chi connectivity index (χ0) is 12.9. The van der Waals surface area contributed by atoms with Gasteiger partial charge in [-0.25, -0.2) is 0 Å². The molecule has 0 saturated carbocycles. The highest BCUT2D eigenvalue weighted by Gasteiger charge is 2.29. The molecule has 0 aliphatic rings. The molecule has 0 aromatic heterocycles. The SMILES string of the molecule is COC(=O)C/C=C\c1ccc(C(F)(F)F)cc1. The van der Waals surface area contributed by atoms with Crippen molar-refractivity contribution in [3.05, 3.63) is 41.5 Å². The van der Waals surface area contributed by atoms with Gasteiger partial charge in [0.25, 0.3) is 0 Å². The molecular formula is C12H11F3O2. The largest absolute Gasteiger partial charge is 0.469 e. The van der Waals surface area contributed by atoms with E-state index < -0.39 is 17.7 Å². The van der Waals surface area contributed by atoms with Crippen LogP contribution in [0.4, 0.5) is 13.2 Å². The molecule has 0 N–H and O–H groups in total. The molecule has 0 atom stereocenters. The van der Waals surface area contributed by atoms with Crippen molar-refractivity contribution < 1.29 is 22.7 Å². The Morgan fingerprint density at radius 3 is 2.35 bits per heavy atom. The van der Waals surface area contributed by atoms with Gasteiger partial charge in [-0.1, -0.05) is 24.3 Å². The Hall–Kier alpha value is -1.78. The number of carbonyl (C=O) groups excluding carboxylic acids is 1. The number of alkyl halides is 3. The van der Waals surface area contributed by atoms with Gasteiger partial charge in [0.05, 0.1) is 19.1 Å². The average molecular weight is 244 g/mol. The van der Waals surface area contributed by atoms with Crippen molar-refractivity contribution >= 4 is 12.0 Å². The lowest BCUT2D eigenvalue weighted by atomic mass is 10.1. The Balaban J connectivity index is 2.66. The summed E-state index contributed by atoms with van der Waals surface area (Å²) in [7, 11) is 1.27. The first-order chi connectivity index (χ1) is 7.93. The maximum absolute atomic E-state index is 12.2. The number of ether oxygens (including phenoxy) is 1. The van der Waals surface area contributed by atoms with Gasteiger partial charge in [0.1, 0.15) is 0 Å². The molecule has 0 heterocycles. The van der Waals surface area contributed by atoms with Crippen LogP contribution in [0.25, 0.3) is 6.08 Å². The Kier molecular flexibility index (Phi) is 4.31. The van der Waals surface area contributed by atoms with Crippen LogP contribution < -0.4 is 0 Å². The number of benzene rings is 1. The van der Waals surface area contributed by atoms with Crippen molar-refractivity contribution in [2.45, 2.75) is 12.6 Å². The van der Waals surface area contributed by atoms with E-state index in [2.05, 4.69) is 4.74 Å². The second-order valence-corrected chi connectivity index (χ2v) is 3.30. The normalized spacial score (nSPS) is 11.8. The summed E-state index contributed by atoms with van der Waals surface area (Å²) in [6.07, 6.45) is -1.13. The van der Waals surface area contributed by atoms with Crippen LogP contribution in [0, 0.1) is 0 Å². The molecule has 0 unspecified atom stereocenters. The van der Waals surface area contributed by atoms with Crippen LogP contribution in [-0.4, -0.2) is 13.1 Å². The zero-order valence-corrected chi connectivity index (χ0v) is 9.12. The van der Waals surface area contributed by atoms with Crippen molar-refractivity contribution in [2.75, 3.05) is 7.11 Å². The van der Waals surface area contributed by atoms with Crippen LogP contribution in [0.15, 0.2) is 30.3 Å². The number of halogens is 3. The predicted molar refractivity (Wildman–Crippen MR) is 57.1 cm³/mol. The Morgan fingerprint density at radius 2 is 1.88 bits per heavy atom. The van der Waals surface area contributed by atoms with E-state index in [1.54, 1.807) is 6.08 Å². The summed E-state index contributed by atoms with van der Waals surface area (Å²) < 4.78 is 41.1. The molecule has 92 valence electrons. The Bertz CT molecular complexity index is 405. The number of esters is 1. The highest BCUT2D eigenvalue weighted by atomic mass is 19.4. The van der Waals surface area contributed by atoms with E-state index in [9.17, 15) is 18.0 Å². The van der Waals surface area contributed by atoms with Gasteiger partial charge in [0, 0.05) is 0 Å². The minimum Gasteiger partial charge on any atom is -0.469 e. The van der Waals surface area contributed by atoms with Crippen LogP contribution in [0.3, 0.4) is 0 Å². The standard InChI is InChI=1S/C12H11F3O2/c1-17-11(16)4-2-3-9-5-7-10(8-6-9)12(13,14)15/h2-3,5-8H,4H2,1H3/b3-2-. The molecule has 5 heteroatoms. The van der Waals surface area contributed by atoms with Gasteiger partial charge < -0.3 is 4.74 Å². The number of methoxy groups -OCH3 is 1. The lowest BCUT2D eigenvalue weighted by Crippen LogP contribution is -2.03. The molecule has 0 radical (unpaired) electrons. The Morgan fingerprint density at radius 1 is 1.29 bits per heavy atom. The highest BCUT2D eigenvalue weighted by Crippen LogP contribution is 2.29. The summed E-state index contributed by atoms with van der Waals surface area (Å²) >= 11 is 0. The fraction of sp³-hybridized carbons (Fsp3) is 0.250. The zero-order valence-electron chi connectivity index (χ0n) is 9.12. The quantitative estimate of drug-likeness (QED) is 0.763. The van der Waals surface area contributed by atoms with Crippen LogP contribution in [-0.2, 0) is 15.7 Å². The lowest BCUT2D eigenvalue weighted by molar-refractivity contribution is -0.139. The molecule has 0 saturated heterocycles. The number of hydrogen-bond donors (Lipinski definition) is 0. The van der Waals surface area contributed by atoms with E-state index in [1.165, 1.54) is 25.3 Å². The van der Waals surface area contributed by atoms with Crippen LogP contribution in [0.2, 0.25) is 0 Å². The summed E-state index contributed by atoms with van der Waals surface area (Å²) in [5.41, 5.74) is -0.0930. The van der Waals surface area contributed by atoms with Crippen molar-refractivity contribution in [1.29, 1.82) is 0 Å². The monoisotopic (exact) mass is 244 g/mol. The molecule has 1 aromatic carbocycles. The molecular weight excluding hydrogens is 233 g/mol. The van der Waals surface area contributed by atoms with E-state index in [1.807, 2.05) is 0 Å². The van der Waals surface area contributed by atoms with Crippen molar-refractivity contribution in [2.24, 2.45) is 0 Å². The molecule has 0 amide bonds. The summed E-state index contributed by atoms with van der Waals surface area (Å²) in [4.78, 5) is 10.8. The first-order valence-corrected chi connectivity index (χ1v) is 4.84. The van der Waals surface area contributed by atoms with Crippen LogP contribution in [0.5, 0.6) is 0 Å². The maximum atomic E-state index is 12.2. The smallest absolute Gasteiger partial charge is 0.416 e. The minimum atomic E-state index is -4.33. The highest BCUT2D eigenvalue weighted by molar-refractivity contribution is 5.72. The number of hydrogen-bond acceptors (Lipinski definition) is 2.